The Morgan fingerprint density at radius 3 is 2.44 bits per heavy atom. The molecule has 0 aliphatic carbocycles. The van der Waals surface area contributed by atoms with Crippen molar-refractivity contribution in [1.29, 1.82) is 0 Å². The van der Waals surface area contributed by atoms with Crippen LogP contribution in [0.4, 0.5) is 5.95 Å². The number of benzene rings is 1. The van der Waals surface area contributed by atoms with E-state index in [0.717, 1.165) is 5.56 Å². The lowest BCUT2D eigenvalue weighted by molar-refractivity contribution is 0.802. The minimum Gasteiger partial charge on any atom is -0.368 e. The monoisotopic (exact) mass is 234 g/mol. The molecule has 2 aromatic rings. The van der Waals surface area contributed by atoms with E-state index in [1.807, 2.05) is 37.3 Å². The molecule has 5 heteroatoms. The molecule has 0 amide bonds. The summed E-state index contributed by atoms with van der Waals surface area (Å²) in [6.45, 7) is 2.00. The molecule has 1 heterocycles. The molecule has 2 N–H and O–H groups in total. The van der Waals surface area contributed by atoms with Gasteiger partial charge in [0.25, 0.3) is 0 Å². The molecule has 2 rings (SSSR count). The number of nitrogens with two attached hydrogens (primary N) is 1. The van der Waals surface area contributed by atoms with Crippen molar-refractivity contribution in [2.45, 2.75) is 12.8 Å². The van der Waals surface area contributed by atoms with Crippen LogP contribution < -0.4 is 5.73 Å². The highest BCUT2D eigenvalue weighted by atomic mass is 35.5. The minimum atomic E-state index is 0.0454. The highest BCUT2D eigenvalue weighted by molar-refractivity contribution is 6.28. The van der Waals surface area contributed by atoms with Gasteiger partial charge in [-0.25, -0.2) is 4.98 Å². The van der Waals surface area contributed by atoms with Crippen molar-refractivity contribution in [2.75, 3.05) is 5.73 Å². The second-order valence-electron chi connectivity index (χ2n) is 3.45. The van der Waals surface area contributed by atoms with Crippen molar-refractivity contribution in [1.82, 2.24) is 15.0 Å². The van der Waals surface area contributed by atoms with Crippen LogP contribution in [0.25, 0.3) is 0 Å². The summed E-state index contributed by atoms with van der Waals surface area (Å²) in [5, 5.41) is 0.130. The SMILES string of the molecule is CC(c1ccccc1)c1nc(N)nc(Cl)n1. The van der Waals surface area contributed by atoms with Gasteiger partial charge in [-0.3, -0.25) is 0 Å². The maximum absolute atomic E-state index is 5.74. The molecule has 4 nitrogen and oxygen atoms in total. The van der Waals surface area contributed by atoms with Gasteiger partial charge < -0.3 is 5.73 Å². The Labute approximate surface area is 98.5 Å². The van der Waals surface area contributed by atoms with Crippen molar-refractivity contribution in [3.05, 3.63) is 47.0 Å². The van der Waals surface area contributed by atoms with E-state index in [2.05, 4.69) is 15.0 Å². The van der Waals surface area contributed by atoms with E-state index in [-0.39, 0.29) is 17.1 Å². The number of rotatable bonds is 2. The Kier molecular flexibility index (Phi) is 3.01. The average Bonchev–Trinajstić information content (AvgIpc) is 2.28. The standard InChI is InChI=1S/C11H11ClN4/c1-7(8-5-3-2-4-6-8)9-14-10(12)16-11(13)15-9/h2-7H,1H3,(H2,13,14,15,16). The summed E-state index contributed by atoms with van der Waals surface area (Å²) in [6.07, 6.45) is 0. The zero-order chi connectivity index (χ0) is 11.5. The molecule has 1 atom stereocenters. The van der Waals surface area contributed by atoms with E-state index in [1.165, 1.54) is 0 Å². The molecule has 1 aromatic heterocycles. The van der Waals surface area contributed by atoms with Gasteiger partial charge >= 0.3 is 0 Å². The second kappa shape index (κ2) is 4.45. The Morgan fingerprint density at radius 2 is 1.81 bits per heavy atom. The van der Waals surface area contributed by atoms with Crippen molar-refractivity contribution in [3.8, 4) is 0 Å². The first-order valence-corrected chi connectivity index (χ1v) is 5.26. The van der Waals surface area contributed by atoms with Crippen LogP contribution in [0.2, 0.25) is 5.28 Å². The van der Waals surface area contributed by atoms with Gasteiger partial charge in [0.15, 0.2) is 0 Å². The van der Waals surface area contributed by atoms with E-state index < -0.39 is 0 Å². The van der Waals surface area contributed by atoms with Gasteiger partial charge in [0.1, 0.15) is 5.82 Å². The number of hydrogen-bond donors (Lipinski definition) is 1. The summed E-state index contributed by atoms with van der Waals surface area (Å²) in [7, 11) is 0. The molecular weight excluding hydrogens is 224 g/mol. The molecule has 0 aliphatic heterocycles. The Balaban J connectivity index is 2.37. The van der Waals surface area contributed by atoms with Crippen molar-refractivity contribution in [3.63, 3.8) is 0 Å². The third-order valence-corrected chi connectivity index (χ3v) is 2.50. The second-order valence-corrected chi connectivity index (χ2v) is 3.79. The van der Waals surface area contributed by atoms with E-state index in [1.54, 1.807) is 0 Å². The van der Waals surface area contributed by atoms with Crippen molar-refractivity contribution < 1.29 is 0 Å². The van der Waals surface area contributed by atoms with Crippen LogP contribution >= 0.6 is 11.6 Å². The summed E-state index contributed by atoms with van der Waals surface area (Å²) in [5.41, 5.74) is 6.64. The number of nitrogens with zero attached hydrogens (tertiary/aromatic N) is 3. The summed E-state index contributed by atoms with van der Waals surface area (Å²) < 4.78 is 0. The Hall–Kier alpha value is -1.68. The van der Waals surface area contributed by atoms with Gasteiger partial charge in [-0.2, -0.15) is 9.97 Å². The van der Waals surface area contributed by atoms with E-state index in [4.69, 9.17) is 17.3 Å². The van der Waals surface area contributed by atoms with Gasteiger partial charge in [-0.1, -0.05) is 37.3 Å². The molecule has 0 bridgehead atoms. The third-order valence-electron chi connectivity index (χ3n) is 2.33. The Bertz CT molecular complexity index is 466. The number of halogens is 1. The molecule has 16 heavy (non-hydrogen) atoms. The predicted molar refractivity (Wildman–Crippen MR) is 63.2 cm³/mol. The van der Waals surface area contributed by atoms with E-state index in [0.29, 0.717) is 5.82 Å². The Morgan fingerprint density at radius 1 is 1.12 bits per heavy atom. The highest BCUT2D eigenvalue weighted by Crippen LogP contribution is 2.21. The predicted octanol–water partition coefficient (Wildman–Crippen LogP) is 2.26. The molecule has 0 aliphatic rings. The van der Waals surface area contributed by atoms with Crippen LogP contribution in [0.5, 0.6) is 0 Å². The number of aromatic nitrogens is 3. The van der Waals surface area contributed by atoms with Crippen LogP contribution in [-0.4, -0.2) is 15.0 Å². The normalized spacial score (nSPS) is 12.4. The molecule has 0 fully saturated rings. The maximum atomic E-state index is 5.74. The molecule has 0 radical (unpaired) electrons. The van der Waals surface area contributed by atoms with Crippen LogP contribution in [0.15, 0.2) is 30.3 Å². The zero-order valence-electron chi connectivity index (χ0n) is 8.76. The van der Waals surface area contributed by atoms with Gasteiger partial charge in [0.05, 0.1) is 0 Å². The van der Waals surface area contributed by atoms with Crippen LogP contribution in [0, 0.1) is 0 Å². The smallest absolute Gasteiger partial charge is 0.227 e. The van der Waals surface area contributed by atoms with Crippen LogP contribution in [0.1, 0.15) is 24.2 Å². The average molecular weight is 235 g/mol. The van der Waals surface area contributed by atoms with E-state index in [9.17, 15) is 0 Å². The minimum absolute atomic E-state index is 0.0454. The van der Waals surface area contributed by atoms with Gasteiger partial charge in [-0.15, -0.1) is 0 Å². The number of nitrogen functional groups attached to an aromatic ring is 1. The summed E-state index contributed by atoms with van der Waals surface area (Å²) in [6, 6.07) is 9.93. The highest BCUT2D eigenvalue weighted by Gasteiger charge is 2.13. The van der Waals surface area contributed by atoms with E-state index >= 15 is 0 Å². The summed E-state index contributed by atoms with van der Waals surface area (Å²) in [4.78, 5) is 11.9. The first kappa shape index (κ1) is 10.8. The number of hydrogen-bond acceptors (Lipinski definition) is 4. The fourth-order valence-electron chi connectivity index (χ4n) is 1.47. The molecule has 0 spiro atoms. The van der Waals surface area contributed by atoms with Crippen LogP contribution in [-0.2, 0) is 0 Å². The summed E-state index contributed by atoms with van der Waals surface area (Å²) in [5.74, 6) is 0.783. The fraction of sp³-hybridized carbons (Fsp3) is 0.182. The molecule has 1 unspecified atom stereocenters. The van der Waals surface area contributed by atoms with Crippen molar-refractivity contribution in [2.24, 2.45) is 0 Å². The fourth-order valence-corrected chi connectivity index (χ4v) is 1.64. The first-order valence-electron chi connectivity index (χ1n) is 4.88. The quantitative estimate of drug-likeness (QED) is 0.866. The first-order chi connectivity index (χ1) is 7.66. The van der Waals surface area contributed by atoms with Gasteiger partial charge in [0.2, 0.25) is 11.2 Å². The number of anilines is 1. The molecule has 0 saturated carbocycles. The van der Waals surface area contributed by atoms with Gasteiger partial charge in [-0.05, 0) is 17.2 Å². The molecule has 1 aromatic carbocycles. The topological polar surface area (TPSA) is 64.7 Å². The molecular formula is C11H11ClN4. The molecule has 82 valence electrons. The van der Waals surface area contributed by atoms with Crippen molar-refractivity contribution >= 4 is 17.5 Å². The maximum Gasteiger partial charge on any atom is 0.227 e. The summed E-state index contributed by atoms with van der Waals surface area (Å²) >= 11 is 5.74. The zero-order valence-corrected chi connectivity index (χ0v) is 9.52. The largest absolute Gasteiger partial charge is 0.368 e. The molecule has 0 saturated heterocycles. The lowest BCUT2D eigenvalue weighted by Crippen LogP contribution is -2.07. The third kappa shape index (κ3) is 2.28. The van der Waals surface area contributed by atoms with Crippen LogP contribution in [0.3, 0.4) is 0 Å². The lowest BCUT2D eigenvalue weighted by Gasteiger charge is -2.10. The van der Waals surface area contributed by atoms with Gasteiger partial charge in [0, 0.05) is 5.92 Å². The lowest BCUT2D eigenvalue weighted by atomic mass is 10.0.